The zero-order valence-corrected chi connectivity index (χ0v) is 5.99. The molecule has 0 aromatic heterocycles. The average Bonchev–Trinajstić information content (AvgIpc) is 1.77. The second-order valence-electron chi connectivity index (χ2n) is 1.52. The van der Waals surface area contributed by atoms with Crippen LogP contribution in [0.5, 0.6) is 0 Å². The molecule has 0 saturated carbocycles. The Hall–Kier alpha value is 1.92. The summed E-state index contributed by atoms with van der Waals surface area (Å²) in [4.78, 5) is 1.95. The third-order valence-electron chi connectivity index (χ3n) is 0.850. The summed E-state index contributed by atoms with van der Waals surface area (Å²) in [7, 11) is 0. The van der Waals surface area contributed by atoms with E-state index >= 15 is 0 Å². The monoisotopic (exact) mass is 190 g/mol. The van der Waals surface area contributed by atoms with E-state index in [9.17, 15) is 0 Å². The third-order valence-corrected chi connectivity index (χ3v) is 1.45. The van der Waals surface area contributed by atoms with Crippen LogP contribution in [0.3, 0.4) is 0 Å². The molecular weight excluding hydrogens is 182 g/mol. The van der Waals surface area contributed by atoms with Gasteiger partial charge in [-0.2, -0.15) is 0 Å². The molecule has 1 aromatic carbocycles. The number of hydrogen-bond donors (Lipinski definition) is 2. The summed E-state index contributed by atoms with van der Waals surface area (Å²) in [6.45, 7) is 0. The Morgan fingerprint density at radius 2 is 0.900 bits per heavy atom. The van der Waals surface area contributed by atoms with Crippen LogP contribution in [-0.4, -0.2) is 59.1 Å². The molecule has 0 aliphatic rings. The van der Waals surface area contributed by atoms with Gasteiger partial charge in [0.2, 0.25) is 0 Å². The predicted octanol–water partition coefficient (Wildman–Crippen LogP) is 0.967. The van der Waals surface area contributed by atoms with Gasteiger partial charge in [-0.25, -0.2) is 0 Å². The molecule has 46 valence electrons. The first-order chi connectivity index (χ1) is 3.79. The molecule has 4 heteroatoms. The van der Waals surface area contributed by atoms with Gasteiger partial charge >= 0.3 is 59.1 Å². The fourth-order valence-electron chi connectivity index (χ4n) is 0.453. The Bertz CT molecular complexity index is 153. The van der Waals surface area contributed by atoms with E-state index in [1.165, 1.54) is 0 Å². The van der Waals surface area contributed by atoms with Crippen molar-refractivity contribution in [2.45, 2.75) is 9.79 Å². The summed E-state index contributed by atoms with van der Waals surface area (Å²) in [6.07, 6.45) is 0. The minimum absolute atomic E-state index is 0. The fourth-order valence-corrected chi connectivity index (χ4v) is 0.751. The van der Waals surface area contributed by atoms with Crippen LogP contribution in [0.1, 0.15) is 0 Å². The number of rotatable bonds is 0. The van der Waals surface area contributed by atoms with Crippen molar-refractivity contribution >= 4 is 84.4 Å². The SMILES string of the molecule is Sc1ccc(S)cc1.[NaH].[NaH]. The first-order valence-corrected chi connectivity index (χ1v) is 3.16. The molecule has 1 rings (SSSR count). The number of benzene rings is 1. The molecule has 0 amide bonds. The molecule has 0 radical (unpaired) electrons. The molecule has 0 unspecified atom stereocenters. The third kappa shape index (κ3) is 5.56. The van der Waals surface area contributed by atoms with Crippen molar-refractivity contribution in [3.05, 3.63) is 24.3 Å². The minimum atomic E-state index is 0. The van der Waals surface area contributed by atoms with E-state index in [1.54, 1.807) is 0 Å². The van der Waals surface area contributed by atoms with E-state index in [2.05, 4.69) is 25.3 Å². The molecule has 0 aliphatic carbocycles. The number of thiol groups is 2. The second-order valence-corrected chi connectivity index (χ2v) is 2.55. The molecule has 10 heavy (non-hydrogen) atoms. The maximum absolute atomic E-state index is 4.10. The zero-order chi connectivity index (χ0) is 5.98. The second kappa shape index (κ2) is 7.56. The van der Waals surface area contributed by atoms with Gasteiger partial charge in [0.05, 0.1) is 0 Å². The van der Waals surface area contributed by atoms with Crippen LogP contribution < -0.4 is 0 Å². The van der Waals surface area contributed by atoms with Gasteiger partial charge in [-0.05, 0) is 24.3 Å². The van der Waals surface area contributed by atoms with Crippen molar-refractivity contribution in [2.24, 2.45) is 0 Å². The Labute approximate surface area is 117 Å². The van der Waals surface area contributed by atoms with Gasteiger partial charge in [-0.15, -0.1) is 25.3 Å². The Kier molecular flexibility index (Phi) is 10.9. The van der Waals surface area contributed by atoms with Crippen molar-refractivity contribution in [2.75, 3.05) is 0 Å². The first-order valence-electron chi connectivity index (χ1n) is 2.27. The van der Waals surface area contributed by atoms with Gasteiger partial charge < -0.3 is 0 Å². The van der Waals surface area contributed by atoms with Gasteiger partial charge in [0, 0.05) is 9.79 Å². The van der Waals surface area contributed by atoms with Crippen LogP contribution in [0.4, 0.5) is 0 Å². The summed E-state index contributed by atoms with van der Waals surface area (Å²) in [5.74, 6) is 0. The summed E-state index contributed by atoms with van der Waals surface area (Å²) < 4.78 is 0. The molecule has 0 aliphatic heterocycles. The van der Waals surface area contributed by atoms with Gasteiger partial charge in [-0.3, -0.25) is 0 Å². The van der Waals surface area contributed by atoms with Crippen molar-refractivity contribution in [3.63, 3.8) is 0 Å². The topological polar surface area (TPSA) is 0 Å². The molecule has 0 atom stereocenters. The average molecular weight is 190 g/mol. The molecule has 0 fully saturated rings. The molecule has 1 aromatic rings. The van der Waals surface area contributed by atoms with Gasteiger partial charge in [0.25, 0.3) is 0 Å². The Morgan fingerprint density at radius 3 is 1.10 bits per heavy atom. The molecule has 0 N–H and O–H groups in total. The molecule has 0 spiro atoms. The van der Waals surface area contributed by atoms with Crippen molar-refractivity contribution in [1.29, 1.82) is 0 Å². The van der Waals surface area contributed by atoms with Gasteiger partial charge in [-0.1, -0.05) is 0 Å². The maximum atomic E-state index is 4.10. The first kappa shape index (κ1) is 14.4. The van der Waals surface area contributed by atoms with Crippen molar-refractivity contribution < 1.29 is 0 Å². The molecule has 0 heterocycles. The standard InChI is InChI=1S/C6H6S2.2Na.2H/c7-5-1-2-6(8)4-3-5;;;;/h1-4,7-8H;;;;. The van der Waals surface area contributed by atoms with Crippen molar-refractivity contribution in [1.82, 2.24) is 0 Å². The van der Waals surface area contributed by atoms with E-state index in [4.69, 9.17) is 0 Å². The van der Waals surface area contributed by atoms with E-state index in [1.807, 2.05) is 24.3 Å². The Balaban J connectivity index is 0. The van der Waals surface area contributed by atoms with Gasteiger partial charge in [0.15, 0.2) is 0 Å². The van der Waals surface area contributed by atoms with Gasteiger partial charge in [0.1, 0.15) is 0 Å². The van der Waals surface area contributed by atoms with Crippen LogP contribution in [0.2, 0.25) is 0 Å². The molecular formula is C6H8Na2S2. The fraction of sp³-hybridized carbons (Fsp3) is 0. The van der Waals surface area contributed by atoms with E-state index in [-0.39, 0.29) is 59.1 Å². The van der Waals surface area contributed by atoms with E-state index in [0.717, 1.165) is 9.79 Å². The normalized spacial score (nSPS) is 7.40. The van der Waals surface area contributed by atoms with Crippen LogP contribution in [0.25, 0.3) is 0 Å². The van der Waals surface area contributed by atoms with Crippen molar-refractivity contribution in [3.8, 4) is 0 Å². The predicted molar refractivity (Wildman–Crippen MR) is 55.2 cm³/mol. The summed E-state index contributed by atoms with van der Waals surface area (Å²) in [6, 6.07) is 7.63. The molecule has 0 bridgehead atoms. The molecule has 0 saturated heterocycles. The summed E-state index contributed by atoms with van der Waals surface area (Å²) in [5, 5.41) is 0. The van der Waals surface area contributed by atoms with Crippen LogP contribution in [-0.2, 0) is 0 Å². The Morgan fingerprint density at radius 1 is 0.700 bits per heavy atom. The van der Waals surface area contributed by atoms with E-state index < -0.39 is 0 Å². The molecule has 0 nitrogen and oxygen atoms in total. The summed E-state index contributed by atoms with van der Waals surface area (Å²) >= 11 is 8.20. The number of hydrogen-bond acceptors (Lipinski definition) is 2. The van der Waals surface area contributed by atoms with Crippen LogP contribution in [0.15, 0.2) is 34.1 Å². The quantitative estimate of drug-likeness (QED) is 0.442. The van der Waals surface area contributed by atoms with E-state index in [0.29, 0.717) is 0 Å². The summed E-state index contributed by atoms with van der Waals surface area (Å²) in [5.41, 5.74) is 0. The van der Waals surface area contributed by atoms with Crippen LogP contribution >= 0.6 is 25.3 Å². The van der Waals surface area contributed by atoms with Crippen LogP contribution in [0, 0.1) is 0 Å². The zero-order valence-electron chi connectivity index (χ0n) is 4.20.